The number of thiophene rings is 1. The molecule has 1 aromatic heterocycles. The van der Waals surface area contributed by atoms with Crippen molar-refractivity contribution in [2.24, 2.45) is 0 Å². The summed E-state index contributed by atoms with van der Waals surface area (Å²) in [6, 6.07) is 20.0. The third kappa shape index (κ3) is 2.51. The molecule has 0 radical (unpaired) electrons. The highest BCUT2D eigenvalue weighted by Crippen LogP contribution is 2.46. The SMILES string of the molecule is CC1(C)OB(c2cc3sc4c(c3c3ccccc23)-c2ccccc2CC4)OC1(C)C. The van der Waals surface area contributed by atoms with Crippen molar-refractivity contribution in [1.82, 2.24) is 0 Å². The van der Waals surface area contributed by atoms with Gasteiger partial charge in [0.15, 0.2) is 0 Å². The zero-order chi connectivity index (χ0) is 20.7. The molecule has 1 aliphatic carbocycles. The molecule has 1 saturated heterocycles. The molecule has 0 saturated carbocycles. The van der Waals surface area contributed by atoms with Gasteiger partial charge >= 0.3 is 7.12 Å². The maximum absolute atomic E-state index is 6.45. The molecule has 4 aromatic rings. The van der Waals surface area contributed by atoms with E-state index in [-0.39, 0.29) is 18.3 Å². The second-order valence-corrected chi connectivity index (χ2v) is 10.7. The minimum absolute atomic E-state index is 0.346. The van der Waals surface area contributed by atoms with E-state index in [1.165, 1.54) is 42.4 Å². The summed E-state index contributed by atoms with van der Waals surface area (Å²) in [5.41, 5.74) is 4.75. The number of hydrogen-bond acceptors (Lipinski definition) is 3. The zero-order valence-electron chi connectivity index (χ0n) is 17.9. The average Bonchev–Trinajstić information content (AvgIpc) is 3.21. The highest BCUT2D eigenvalue weighted by Gasteiger charge is 2.52. The van der Waals surface area contributed by atoms with Crippen LogP contribution in [0.4, 0.5) is 0 Å². The lowest BCUT2D eigenvalue weighted by molar-refractivity contribution is 0.00578. The fourth-order valence-electron chi connectivity index (χ4n) is 4.89. The molecular weight excluding hydrogens is 387 g/mol. The summed E-state index contributed by atoms with van der Waals surface area (Å²) < 4.78 is 14.2. The number of benzene rings is 3. The molecule has 2 heterocycles. The number of rotatable bonds is 1. The fraction of sp³-hybridized carbons (Fsp3) is 0.308. The molecule has 0 N–H and O–H groups in total. The predicted molar refractivity (Wildman–Crippen MR) is 128 cm³/mol. The summed E-state index contributed by atoms with van der Waals surface area (Å²) in [6.07, 6.45) is 2.24. The number of aryl methyl sites for hydroxylation is 2. The summed E-state index contributed by atoms with van der Waals surface area (Å²) in [7, 11) is -0.351. The van der Waals surface area contributed by atoms with Crippen LogP contribution in [-0.4, -0.2) is 18.3 Å². The molecule has 1 aliphatic heterocycles. The van der Waals surface area contributed by atoms with E-state index in [9.17, 15) is 0 Å². The second-order valence-electron chi connectivity index (χ2n) is 9.53. The molecule has 0 bridgehead atoms. The van der Waals surface area contributed by atoms with Gasteiger partial charge in [0.05, 0.1) is 11.2 Å². The molecule has 1 fully saturated rings. The van der Waals surface area contributed by atoms with Crippen molar-refractivity contribution >= 4 is 44.8 Å². The molecule has 6 rings (SSSR count). The van der Waals surface area contributed by atoms with Crippen LogP contribution < -0.4 is 5.46 Å². The van der Waals surface area contributed by atoms with E-state index in [0.717, 1.165) is 18.3 Å². The fourth-order valence-corrected chi connectivity index (χ4v) is 6.18. The van der Waals surface area contributed by atoms with E-state index in [0.29, 0.717) is 0 Å². The predicted octanol–water partition coefficient (Wildman–Crippen LogP) is 6.12. The lowest BCUT2D eigenvalue weighted by Gasteiger charge is -2.32. The van der Waals surface area contributed by atoms with Gasteiger partial charge in [-0.3, -0.25) is 0 Å². The van der Waals surface area contributed by atoms with E-state index < -0.39 is 0 Å². The van der Waals surface area contributed by atoms with Crippen LogP contribution in [0.15, 0.2) is 54.6 Å². The number of fused-ring (bicyclic) bond motifs is 7. The normalized spacial score (nSPS) is 19.3. The zero-order valence-corrected chi connectivity index (χ0v) is 18.7. The van der Waals surface area contributed by atoms with E-state index >= 15 is 0 Å². The lowest BCUT2D eigenvalue weighted by Crippen LogP contribution is -2.41. The van der Waals surface area contributed by atoms with Crippen molar-refractivity contribution in [2.45, 2.75) is 51.7 Å². The van der Waals surface area contributed by atoms with Crippen molar-refractivity contribution in [2.75, 3.05) is 0 Å². The molecule has 2 aliphatic rings. The smallest absolute Gasteiger partial charge is 0.399 e. The molecule has 3 aromatic carbocycles. The largest absolute Gasteiger partial charge is 0.495 e. The first-order valence-electron chi connectivity index (χ1n) is 10.8. The van der Waals surface area contributed by atoms with Crippen LogP contribution >= 0.6 is 11.3 Å². The Morgan fingerprint density at radius 2 is 1.50 bits per heavy atom. The van der Waals surface area contributed by atoms with Gasteiger partial charge in [-0.15, -0.1) is 11.3 Å². The molecule has 0 unspecified atom stereocenters. The Morgan fingerprint density at radius 1 is 0.833 bits per heavy atom. The summed E-state index contributed by atoms with van der Waals surface area (Å²) in [4.78, 5) is 1.50. The van der Waals surface area contributed by atoms with Crippen molar-refractivity contribution in [3.05, 3.63) is 65.0 Å². The second kappa shape index (κ2) is 6.19. The third-order valence-electron chi connectivity index (χ3n) is 7.22. The summed E-state index contributed by atoms with van der Waals surface area (Å²) in [5, 5.41) is 3.92. The van der Waals surface area contributed by atoms with Crippen LogP contribution in [0.25, 0.3) is 32.0 Å². The highest BCUT2D eigenvalue weighted by molar-refractivity contribution is 7.20. The maximum atomic E-state index is 6.45. The lowest BCUT2D eigenvalue weighted by atomic mass is 9.75. The minimum atomic E-state index is -0.351. The molecular formula is C26H25BO2S. The van der Waals surface area contributed by atoms with Crippen LogP contribution in [-0.2, 0) is 22.2 Å². The first-order valence-corrected chi connectivity index (χ1v) is 11.6. The van der Waals surface area contributed by atoms with Gasteiger partial charge in [-0.2, -0.15) is 0 Å². The van der Waals surface area contributed by atoms with E-state index in [1.54, 1.807) is 0 Å². The summed E-state index contributed by atoms with van der Waals surface area (Å²) >= 11 is 1.94. The number of hydrogen-bond donors (Lipinski definition) is 0. The van der Waals surface area contributed by atoms with Crippen LogP contribution in [0.1, 0.15) is 38.1 Å². The van der Waals surface area contributed by atoms with Crippen molar-refractivity contribution < 1.29 is 9.31 Å². The van der Waals surface area contributed by atoms with E-state index in [2.05, 4.69) is 82.3 Å². The highest BCUT2D eigenvalue weighted by atomic mass is 32.1. The van der Waals surface area contributed by atoms with Gasteiger partial charge in [-0.1, -0.05) is 48.5 Å². The summed E-state index contributed by atoms with van der Waals surface area (Å²) in [6.45, 7) is 8.48. The summed E-state index contributed by atoms with van der Waals surface area (Å²) in [5.74, 6) is 0. The van der Waals surface area contributed by atoms with Gasteiger partial charge in [0.1, 0.15) is 0 Å². The third-order valence-corrected chi connectivity index (χ3v) is 8.41. The van der Waals surface area contributed by atoms with Gasteiger partial charge in [-0.05, 0) is 74.0 Å². The Bertz CT molecular complexity index is 1300. The van der Waals surface area contributed by atoms with Crippen molar-refractivity contribution in [3.8, 4) is 11.1 Å². The minimum Gasteiger partial charge on any atom is -0.399 e. The van der Waals surface area contributed by atoms with Crippen molar-refractivity contribution in [3.63, 3.8) is 0 Å². The Balaban J connectivity index is 1.64. The monoisotopic (exact) mass is 412 g/mol. The molecule has 0 spiro atoms. The van der Waals surface area contributed by atoms with E-state index in [4.69, 9.17) is 9.31 Å². The molecule has 0 atom stereocenters. The first kappa shape index (κ1) is 18.6. The quantitative estimate of drug-likeness (QED) is 0.351. The molecule has 2 nitrogen and oxygen atoms in total. The Morgan fingerprint density at radius 3 is 2.27 bits per heavy atom. The Labute approximate surface area is 182 Å². The first-order chi connectivity index (χ1) is 14.4. The van der Waals surface area contributed by atoms with Crippen molar-refractivity contribution in [1.29, 1.82) is 0 Å². The molecule has 0 amide bonds. The van der Waals surface area contributed by atoms with Gasteiger partial charge in [0.2, 0.25) is 0 Å². The molecule has 150 valence electrons. The average molecular weight is 412 g/mol. The van der Waals surface area contributed by atoms with Crippen LogP contribution in [0.2, 0.25) is 0 Å². The van der Waals surface area contributed by atoms with Gasteiger partial charge < -0.3 is 9.31 Å². The maximum Gasteiger partial charge on any atom is 0.495 e. The van der Waals surface area contributed by atoms with Gasteiger partial charge in [-0.25, -0.2) is 0 Å². The van der Waals surface area contributed by atoms with Crippen LogP contribution in [0, 0.1) is 0 Å². The Hall–Kier alpha value is -2.14. The molecule has 30 heavy (non-hydrogen) atoms. The van der Waals surface area contributed by atoms with Crippen LogP contribution in [0.5, 0.6) is 0 Å². The van der Waals surface area contributed by atoms with Gasteiger partial charge in [0.25, 0.3) is 0 Å². The Kier molecular flexibility index (Phi) is 3.84. The van der Waals surface area contributed by atoms with Crippen LogP contribution in [0.3, 0.4) is 0 Å². The topological polar surface area (TPSA) is 18.5 Å². The standard InChI is InChI=1S/C26H25BO2S/c1-25(2)26(3,4)29-27(28-25)20-15-22-24(19-12-8-7-11-18(19)20)23-17-10-6-5-9-16(17)13-14-21(23)30-22/h5-12,15H,13-14H2,1-4H3. The van der Waals surface area contributed by atoms with E-state index in [1.807, 2.05) is 11.3 Å². The molecule has 4 heteroatoms. The van der Waals surface area contributed by atoms with Gasteiger partial charge in [0, 0.05) is 20.5 Å².